The van der Waals surface area contributed by atoms with E-state index in [1.165, 1.54) is 0 Å². The van der Waals surface area contributed by atoms with Crippen LogP contribution in [0.1, 0.15) is 31.1 Å². The highest BCUT2D eigenvalue weighted by atomic mass is 16.5. The molecule has 0 amide bonds. The van der Waals surface area contributed by atoms with Crippen molar-refractivity contribution in [2.24, 2.45) is 5.41 Å². The molecule has 1 aromatic carbocycles. The van der Waals surface area contributed by atoms with E-state index in [2.05, 4.69) is 6.58 Å². The van der Waals surface area contributed by atoms with Gasteiger partial charge in [0.15, 0.2) is 5.78 Å². The van der Waals surface area contributed by atoms with Crippen LogP contribution < -0.4 is 4.74 Å². The molecule has 0 bridgehead atoms. The number of carbonyl (C=O) groups excluding carboxylic acids is 1. The highest BCUT2D eigenvalue weighted by molar-refractivity contribution is 6.01. The number of allylic oxidation sites excluding steroid dienone is 1. The highest BCUT2D eigenvalue weighted by Crippen LogP contribution is 2.29. The zero-order valence-corrected chi connectivity index (χ0v) is 10.3. The summed E-state index contributed by atoms with van der Waals surface area (Å²) in [7, 11) is 1.61. The van der Waals surface area contributed by atoms with Gasteiger partial charge < -0.3 is 4.74 Å². The maximum absolute atomic E-state index is 12.2. The van der Waals surface area contributed by atoms with Crippen molar-refractivity contribution < 1.29 is 9.53 Å². The first-order chi connectivity index (χ1) is 7.39. The van der Waals surface area contributed by atoms with Crippen LogP contribution in [0.25, 0.3) is 0 Å². The average Bonchev–Trinajstić information content (AvgIpc) is 2.28. The van der Waals surface area contributed by atoms with Crippen LogP contribution in [0, 0.1) is 5.41 Å². The lowest BCUT2D eigenvalue weighted by Gasteiger charge is -2.23. The Morgan fingerprint density at radius 3 is 2.12 bits per heavy atom. The molecule has 16 heavy (non-hydrogen) atoms. The van der Waals surface area contributed by atoms with E-state index >= 15 is 0 Å². The quantitative estimate of drug-likeness (QED) is 0.571. The SMILES string of the molecule is C=C(C)C(C)(C)C(=O)c1ccc(OC)cc1. The van der Waals surface area contributed by atoms with Crippen molar-refractivity contribution in [3.63, 3.8) is 0 Å². The van der Waals surface area contributed by atoms with Gasteiger partial charge in [0.1, 0.15) is 5.75 Å². The van der Waals surface area contributed by atoms with Crippen molar-refractivity contribution >= 4 is 5.78 Å². The van der Waals surface area contributed by atoms with E-state index in [9.17, 15) is 4.79 Å². The van der Waals surface area contributed by atoms with Crippen molar-refractivity contribution in [2.75, 3.05) is 7.11 Å². The van der Waals surface area contributed by atoms with Crippen LogP contribution in [0.5, 0.6) is 5.75 Å². The number of hydrogen-bond donors (Lipinski definition) is 0. The van der Waals surface area contributed by atoms with Gasteiger partial charge in [0.2, 0.25) is 0 Å². The van der Waals surface area contributed by atoms with Crippen LogP contribution in [0.3, 0.4) is 0 Å². The molecule has 0 radical (unpaired) electrons. The lowest BCUT2D eigenvalue weighted by Crippen LogP contribution is -2.25. The van der Waals surface area contributed by atoms with E-state index in [0.29, 0.717) is 5.56 Å². The summed E-state index contributed by atoms with van der Waals surface area (Å²) >= 11 is 0. The average molecular weight is 218 g/mol. The molecule has 0 spiro atoms. The number of ketones is 1. The molecule has 1 rings (SSSR count). The second-order valence-electron chi connectivity index (χ2n) is 4.46. The first-order valence-corrected chi connectivity index (χ1v) is 5.24. The number of Topliss-reactive ketones (excluding diaryl/α,β-unsaturated/α-hetero) is 1. The van der Waals surface area contributed by atoms with E-state index in [1.807, 2.05) is 20.8 Å². The molecule has 0 atom stereocenters. The maximum atomic E-state index is 12.2. The third kappa shape index (κ3) is 2.32. The van der Waals surface area contributed by atoms with Crippen LogP contribution in [-0.4, -0.2) is 12.9 Å². The standard InChI is InChI=1S/C14H18O2/c1-10(2)14(3,4)13(15)11-6-8-12(16-5)9-7-11/h6-9H,1H2,2-5H3. The van der Waals surface area contributed by atoms with Crippen molar-refractivity contribution in [1.82, 2.24) is 0 Å². The minimum atomic E-state index is -0.519. The molecule has 0 heterocycles. The summed E-state index contributed by atoms with van der Waals surface area (Å²) in [5, 5.41) is 0. The summed E-state index contributed by atoms with van der Waals surface area (Å²) in [6.45, 7) is 9.52. The van der Waals surface area contributed by atoms with Crippen molar-refractivity contribution in [3.05, 3.63) is 42.0 Å². The third-order valence-corrected chi connectivity index (χ3v) is 2.99. The Morgan fingerprint density at radius 1 is 1.25 bits per heavy atom. The van der Waals surface area contributed by atoms with Gasteiger partial charge in [0, 0.05) is 11.0 Å². The first kappa shape index (κ1) is 12.5. The van der Waals surface area contributed by atoms with E-state index in [-0.39, 0.29) is 5.78 Å². The van der Waals surface area contributed by atoms with Gasteiger partial charge in [-0.2, -0.15) is 0 Å². The Bertz CT molecular complexity index is 399. The van der Waals surface area contributed by atoms with Crippen LogP contribution >= 0.6 is 0 Å². The minimum absolute atomic E-state index is 0.0858. The molecule has 0 aliphatic carbocycles. The van der Waals surface area contributed by atoms with Gasteiger partial charge in [-0.1, -0.05) is 12.2 Å². The summed E-state index contributed by atoms with van der Waals surface area (Å²) in [5.74, 6) is 0.840. The zero-order valence-electron chi connectivity index (χ0n) is 10.3. The van der Waals surface area contributed by atoms with Crippen LogP contribution in [0.4, 0.5) is 0 Å². The number of ether oxygens (including phenoxy) is 1. The van der Waals surface area contributed by atoms with E-state index in [0.717, 1.165) is 11.3 Å². The molecule has 0 fully saturated rings. The number of benzene rings is 1. The number of hydrogen-bond acceptors (Lipinski definition) is 2. The summed E-state index contributed by atoms with van der Waals surface area (Å²) in [6, 6.07) is 7.15. The fourth-order valence-corrected chi connectivity index (χ4v) is 1.30. The van der Waals surface area contributed by atoms with Crippen molar-refractivity contribution in [3.8, 4) is 5.75 Å². The molecule has 0 aromatic heterocycles. The Kier molecular flexibility index (Phi) is 3.53. The second kappa shape index (κ2) is 4.52. The van der Waals surface area contributed by atoms with Crippen molar-refractivity contribution in [2.45, 2.75) is 20.8 Å². The molecule has 0 saturated carbocycles. The van der Waals surface area contributed by atoms with Crippen molar-refractivity contribution in [1.29, 1.82) is 0 Å². The summed E-state index contributed by atoms with van der Waals surface area (Å²) in [6.07, 6.45) is 0. The normalized spacial score (nSPS) is 11.0. The molecule has 0 unspecified atom stereocenters. The first-order valence-electron chi connectivity index (χ1n) is 5.24. The van der Waals surface area contributed by atoms with Gasteiger partial charge in [-0.05, 0) is 45.0 Å². The summed E-state index contributed by atoms with van der Waals surface area (Å²) in [5.41, 5.74) is 1.04. The zero-order chi connectivity index (χ0) is 12.3. The second-order valence-corrected chi connectivity index (χ2v) is 4.46. The molecule has 0 saturated heterocycles. The number of carbonyl (C=O) groups is 1. The predicted octanol–water partition coefficient (Wildman–Crippen LogP) is 3.48. The van der Waals surface area contributed by atoms with E-state index < -0.39 is 5.41 Å². The molecule has 1 aromatic rings. The topological polar surface area (TPSA) is 26.3 Å². The number of methoxy groups -OCH3 is 1. The minimum Gasteiger partial charge on any atom is -0.497 e. The van der Waals surface area contributed by atoms with Gasteiger partial charge >= 0.3 is 0 Å². The van der Waals surface area contributed by atoms with Gasteiger partial charge in [0.25, 0.3) is 0 Å². The van der Waals surface area contributed by atoms with E-state index in [4.69, 9.17) is 4.74 Å². The molecule has 0 aliphatic heterocycles. The fourth-order valence-electron chi connectivity index (χ4n) is 1.30. The molecular formula is C14H18O2. The third-order valence-electron chi connectivity index (χ3n) is 2.99. The molecule has 2 heteroatoms. The molecular weight excluding hydrogens is 200 g/mol. The Hall–Kier alpha value is -1.57. The Labute approximate surface area is 96.9 Å². The molecule has 86 valence electrons. The lowest BCUT2D eigenvalue weighted by atomic mass is 9.79. The number of rotatable bonds is 4. The largest absolute Gasteiger partial charge is 0.497 e. The summed E-state index contributed by atoms with van der Waals surface area (Å²) < 4.78 is 5.05. The van der Waals surface area contributed by atoms with Gasteiger partial charge in [-0.25, -0.2) is 0 Å². The monoisotopic (exact) mass is 218 g/mol. The predicted molar refractivity (Wildman–Crippen MR) is 65.9 cm³/mol. The fraction of sp³-hybridized carbons (Fsp3) is 0.357. The van der Waals surface area contributed by atoms with Gasteiger partial charge in [-0.3, -0.25) is 4.79 Å². The van der Waals surface area contributed by atoms with Crippen LogP contribution in [-0.2, 0) is 0 Å². The smallest absolute Gasteiger partial charge is 0.172 e. The Balaban J connectivity index is 3.01. The highest BCUT2D eigenvalue weighted by Gasteiger charge is 2.29. The molecule has 0 N–H and O–H groups in total. The lowest BCUT2D eigenvalue weighted by molar-refractivity contribution is 0.0876. The van der Waals surface area contributed by atoms with Crippen LogP contribution in [0.2, 0.25) is 0 Å². The van der Waals surface area contributed by atoms with Gasteiger partial charge in [-0.15, -0.1) is 0 Å². The Morgan fingerprint density at radius 2 is 1.75 bits per heavy atom. The molecule has 0 aliphatic rings. The van der Waals surface area contributed by atoms with E-state index in [1.54, 1.807) is 31.4 Å². The van der Waals surface area contributed by atoms with Gasteiger partial charge in [0.05, 0.1) is 7.11 Å². The molecule has 2 nitrogen and oxygen atoms in total. The maximum Gasteiger partial charge on any atom is 0.172 e. The van der Waals surface area contributed by atoms with Crippen LogP contribution in [0.15, 0.2) is 36.4 Å². The summed E-state index contributed by atoms with van der Waals surface area (Å²) in [4.78, 5) is 12.2.